The molecule has 0 saturated carbocycles. The number of nitrogens with zero attached hydrogens (tertiary/aromatic N) is 1. The highest BCUT2D eigenvalue weighted by atomic mass is 35.5. The third-order valence-electron chi connectivity index (χ3n) is 2.27. The number of rotatable bonds is 4. The zero-order valence-corrected chi connectivity index (χ0v) is 10.1. The summed E-state index contributed by atoms with van der Waals surface area (Å²) in [5, 5.41) is 15.4. The molecule has 0 aliphatic carbocycles. The maximum absolute atomic E-state index is 11.5. The van der Waals surface area contributed by atoms with Crippen molar-refractivity contribution in [1.82, 2.24) is 10.5 Å². The Balaban J connectivity index is 2.15. The van der Waals surface area contributed by atoms with E-state index in [0.717, 1.165) is 5.56 Å². The van der Waals surface area contributed by atoms with Gasteiger partial charge in [0.05, 0.1) is 6.61 Å². The van der Waals surface area contributed by atoms with Gasteiger partial charge in [0.2, 0.25) is 0 Å². The molecule has 0 unspecified atom stereocenters. The number of hydrogen-bond donors (Lipinski definition) is 2. The lowest BCUT2D eigenvalue weighted by molar-refractivity contribution is 0.0936. The smallest absolute Gasteiger partial charge is 0.273 e. The second-order valence-corrected chi connectivity index (χ2v) is 4.00. The molecule has 0 bridgehead atoms. The maximum Gasteiger partial charge on any atom is 0.273 e. The van der Waals surface area contributed by atoms with E-state index in [1.165, 1.54) is 6.07 Å². The van der Waals surface area contributed by atoms with Crippen LogP contribution in [0, 0.1) is 0 Å². The summed E-state index contributed by atoms with van der Waals surface area (Å²) in [5.41, 5.74) is 0.960. The van der Waals surface area contributed by atoms with Crippen LogP contribution in [0.3, 0.4) is 0 Å². The molecule has 1 aromatic heterocycles. The van der Waals surface area contributed by atoms with Gasteiger partial charge in [-0.15, -0.1) is 0 Å². The fourth-order valence-electron chi connectivity index (χ4n) is 1.39. The molecule has 18 heavy (non-hydrogen) atoms. The van der Waals surface area contributed by atoms with Crippen molar-refractivity contribution in [2.45, 2.75) is 0 Å². The van der Waals surface area contributed by atoms with E-state index in [9.17, 15) is 4.79 Å². The minimum atomic E-state index is -0.381. The molecule has 5 nitrogen and oxygen atoms in total. The Morgan fingerprint density at radius 2 is 2.11 bits per heavy atom. The predicted octanol–water partition coefficient (Wildman–Crippen LogP) is 1.72. The first-order valence-electron chi connectivity index (χ1n) is 5.32. The highest BCUT2D eigenvalue weighted by Crippen LogP contribution is 2.22. The number of benzene rings is 1. The molecule has 6 heteroatoms. The van der Waals surface area contributed by atoms with Gasteiger partial charge in [0.1, 0.15) is 0 Å². The van der Waals surface area contributed by atoms with Gasteiger partial charge in [-0.05, 0) is 24.3 Å². The third kappa shape index (κ3) is 2.88. The molecule has 1 aromatic carbocycles. The van der Waals surface area contributed by atoms with Crippen molar-refractivity contribution in [3.05, 3.63) is 41.0 Å². The summed E-state index contributed by atoms with van der Waals surface area (Å²) in [7, 11) is 0. The molecule has 0 fully saturated rings. The van der Waals surface area contributed by atoms with Crippen molar-refractivity contribution in [1.29, 1.82) is 0 Å². The van der Waals surface area contributed by atoms with E-state index in [0.29, 0.717) is 10.8 Å². The molecule has 0 spiro atoms. The Kier molecular flexibility index (Phi) is 3.96. The molecule has 0 aliphatic heterocycles. The van der Waals surface area contributed by atoms with E-state index < -0.39 is 0 Å². The van der Waals surface area contributed by atoms with Crippen molar-refractivity contribution in [2.24, 2.45) is 0 Å². The van der Waals surface area contributed by atoms with Crippen LogP contribution < -0.4 is 5.32 Å². The first-order valence-corrected chi connectivity index (χ1v) is 5.70. The molecule has 1 heterocycles. The monoisotopic (exact) mass is 266 g/mol. The van der Waals surface area contributed by atoms with E-state index in [-0.39, 0.29) is 24.8 Å². The highest BCUT2D eigenvalue weighted by molar-refractivity contribution is 6.30. The number of aliphatic hydroxyl groups is 1. The van der Waals surface area contributed by atoms with Crippen molar-refractivity contribution in [3.8, 4) is 11.3 Å². The largest absolute Gasteiger partial charge is 0.395 e. The first-order chi connectivity index (χ1) is 8.70. The van der Waals surface area contributed by atoms with Crippen LogP contribution in [-0.2, 0) is 0 Å². The van der Waals surface area contributed by atoms with Crippen molar-refractivity contribution < 1.29 is 14.4 Å². The topological polar surface area (TPSA) is 75.4 Å². The minimum absolute atomic E-state index is 0.117. The molecule has 0 aliphatic rings. The number of aromatic nitrogens is 1. The third-order valence-corrected chi connectivity index (χ3v) is 2.52. The lowest BCUT2D eigenvalue weighted by atomic mass is 10.1. The van der Waals surface area contributed by atoms with E-state index in [1.54, 1.807) is 24.3 Å². The molecule has 2 rings (SSSR count). The number of halogens is 1. The van der Waals surface area contributed by atoms with Crippen LogP contribution in [0.2, 0.25) is 5.02 Å². The standard InChI is InChI=1S/C12H11ClN2O3/c13-9-3-1-8(2-4-9)11-7-10(15-18-11)12(17)14-5-6-16/h1-4,7,16H,5-6H2,(H,14,17). The fraction of sp³-hybridized carbons (Fsp3) is 0.167. The highest BCUT2D eigenvalue weighted by Gasteiger charge is 2.12. The number of aliphatic hydroxyl groups excluding tert-OH is 1. The molecular formula is C12H11ClN2O3. The summed E-state index contributed by atoms with van der Waals surface area (Å²) in [6.45, 7) is 0.0651. The van der Waals surface area contributed by atoms with Crippen LogP contribution in [0.15, 0.2) is 34.9 Å². The summed E-state index contributed by atoms with van der Waals surface area (Å²) in [6, 6.07) is 8.54. The van der Waals surface area contributed by atoms with Gasteiger partial charge in [-0.25, -0.2) is 0 Å². The lowest BCUT2D eigenvalue weighted by Crippen LogP contribution is -2.26. The molecule has 0 radical (unpaired) electrons. The summed E-state index contributed by atoms with van der Waals surface area (Å²) in [4.78, 5) is 11.5. The molecule has 94 valence electrons. The Labute approximate surface area is 108 Å². The fourth-order valence-corrected chi connectivity index (χ4v) is 1.52. The van der Waals surface area contributed by atoms with Gasteiger partial charge in [0.15, 0.2) is 11.5 Å². The van der Waals surface area contributed by atoms with Crippen LogP contribution in [0.4, 0.5) is 0 Å². The normalized spacial score (nSPS) is 10.3. The first kappa shape index (κ1) is 12.6. The van der Waals surface area contributed by atoms with Gasteiger partial charge in [-0.2, -0.15) is 0 Å². The van der Waals surface area contributed by atoms with Gasteiger partial charge < -0.3 is 14.9 Å². The quantitative estimate of drug-likeness (QED) is 0.883. The minimum Gasteiger partial charge on any atom is -0.395 e. The summed E-state index contributed by atoms with van der Waals surface area (Å²) in [6.07, 6.45) is 0. The molecule has 0 atom stereocenters. The van der Waals surface area contributed by atoms with Crippen LogP contribution in [0.25, 0.3) is 11.3 Å². The van der Waals surface area contributed by atoms with Gasteiger partial charge in [0, 0.05) is 23.2 Å². The Hall–Kier alpha value is -1.85. The number of carbonyl (C=O) groups excluding carboxylic acids is 1. The summed E-state index contributed by atoms with van der Waals surface area (Å²) >= 11 is 5.78. The average molecular weight is 267 g/mol. The number of nitrogens with one attached hydrogen (secondary N) is 1. The molecule has 2 N–H and O–H groups in total. The Morgan fingerprint density at radius 1 is 1.39 bits per heavy atom. The second kappa shape index (κ2) is 5.66. The molecular weight excluding hydrogens is 256 g/mol. The molecule has 2 aromatic rings. The Morgan fingerprint density at radius 3 is 2.78 bits per heavy atom. The average Bonchev–Trinajstić information content (AvgIpc) is 2.86. The molecule has 0 saturated heterocycles. The number of amides is 1. The number of hydrogen-bond acceptors (Lipinski definition) is 4. The van der Waals surface area contributed by atoms with Gasteiger partial charge in [0.25, 0.3) is 5.91 Å². The summed E-state index contributed by atoms with van der Waals surface area (Å²) in [5.74, 6) is 0.105. The van der Waals surface area contributed by atoms with Crippen LogP contribution in [0.5, 0.6) is 0 Å². The van der Waals surface area contributed by atoms with Gasteiger partial charge >= 0.3 is 0 Å². The van der Waals surface area contributed by atoms with Crippen LogP contribution in [0.1, 0.15) is 10.5 Å². The van der Waals surface area contributed by atoms with E-state index in [1.807, 2.05) is 0 Å². The van der Waals surface area contributed by atoms with E-state index in [4.69, 9.17) is 21.2 Å². The van der Waals surface area contributed by atoms with Crippen LogP contribution >= 0.6 is 11.6 Å². The Bertz CT molecular complexity index is 537. The van der Waals surface area contributed by atoms with Crippen LogP contribution in [-0.4, -0.2) is 29.3 Å². The number of carbonyl (C=O) groups is 1. The van der Waals surface area contributed by atoms with E-state index in [2.05, 4.69) is 10.5 Å². The maximum atomic E-state index is 11.5. The van der Waals surface area contributed by atoms with Gasteiger partial charge in [-0.3, -0.25) is 4.79 Å². The predicted molar refractivity (Wildman–Crippen MR) is 66.4 cm³/mol. The van der Waals surface area contributed by atoms with Crippen molar-refractivity contribution in [3.63, 3.8) is 0 Å². The van der Waals surface area contributed by atoms with E-state index >= 15 is 0 Å². The summed E-state index contributed by atoms with van der Waals surface area (Å²) < 4.78 is 5.08. The van der Waals surface area contributed by atoms with Gasteiger partial charge in [-0.1, -0.05) is 16.8 Å². The van der Waals surface area contributed by atoms with Crippen molar-refractivity contribution in [2.75, 3.05) is 13.2 Å². The zero-order valence-electron chi connectivity index (χ0n) is 9.39. The molecule has 1 amide bonds. The SMILES string of the molecule is O=C(NCCO)c1cc(-c2ccc(Cl)cc2)on1. The lowest BCUT2D eigenvalue weighted by Gasteiger charge is -1.97. The zero-order chi connectivity index (χ0) is 13.0. The second-order valence-electron chi connectivity index (χ2n) is 3.56. The van der Waals surface area contributed by atoms with Crippen molar-refractivity contribution >= 4 is 17.5 Å².